The topological polar surface area (TPSA) is 45.2 Å². The van der Waals surface area contributed by atoms with Crippen LogP contribution >= 0.6 is 32.9 Å². The van der Waals surface area contributed by atoms with Crippen molar-refractivity contribution in [1.29, 1.82) is 0 Å². The van der Waals surface area contributed by atoms with Gasteiger partial charge in [0.1, 0.15) is 9.57 Å². The van der Waals surface area contributed by atoms with Gasteiger partial charge in [-0.2, -0.15) is 0 Å². The Hall–Kier alpha value is -0.870. The molecule has 2 aliphatic heterocycles. The standard InChI is InChI=1S/C21H28N2O3S3/c1-2-18-20(28-29-21(18)27)15-11-16(13-22-3-7-25-8-4-22)19(24)17(12-15)14-23-5-9-26-10-6-23/h11-12,24H,2-10,13-14H2,1H3. The lowest BCUT2D eigenvalue weighted by molar-refractivity contribution is 0.0328. The van der Waals surface area contributed by atoms with E-state index in [0.29, 0.717) is 5.75 Å². The first-order valence-corrected chi connectivity index (χ1v) is 12.8. The van der Waals surface area contributed by atoms with Gasteiger partial charge < -0.3 is 14.6 Å². The molecule has 0 bridgehead atoms. The van der Waals surface area contributed by atoms with Crippen LogP contribution in [0.1, 0.15) is 23.6 Å². The first-order valence-electron chi connectivity index (χ1n) is 10.2. The van der Waals surface area contributed by atoms with Crippen LogP contribution in [-0.4, -0.2) is 67.5 Å². The molecule has 1 N–H and O–H groups in total. The van der Waals surface area contributed by atoms with Gasteiger partial charge in [0.05, 0.1) is 31.3 Å². The Kier molecular flexibility index (Phi) is 7.34. The smallest absolute Gasteiger partial charge is 0.124 e. The number of phenolic OH excluding ortho intramolecular Hbond substituents is 1. The molecule has 0 spiro atoms. The lowest BCUT2D eigenvalue weighted by atomic mass is 9.99. The maximum absolute atomic E-state index is 11.1. The third-order valence-corrected chi connectivity index (χ3v) is 8.79. The Bertz CT molecular complexity index is 843. The first-order chi connectivity index (χ1) is 14.2. The van der Waals surface area contributed by atoms with Gasteiger partial charge >= 0.3 is 0 Å². The second kappa shape index (κ2) is 9.96. The van der Waals surface area contributed by atoms with Crippen LogP contribution in [0, 0.1) is 3.82 Å². The number of benzene rings is 1. The Labute approximate surface area is 184 Å². The Balaban J connectivity index is 1.70. The van der Waals surface area contributed by atoms with Gasteiger partial charge in [-0.15, -0.1) is 0 Å². The van der Waals surface area contributed by atoms with Crippen LogP contribution in [0.5, 0.6) is 5.75 Å². The maximum Gasteiger partial charge on any atom is 0.124 e. The molecule has 0 saturated carbocycles. The molecule has 0 unspecified atom stereocenters. The second-order valence-corrected chi connectivity index (χ2v) is 10.4. The van der Waals surface area contributed by atoms with Crippen molar-refractivity contribution in [2.45, 2.75) is 26.4 Å². The second-order valence-electron chi connectivity index (χ2n) is 7.54. The van der Waals surface area contributed by atoms with Gasteiger partial charge in [-0.1, -0.05) is 39.8 Å². The van der Waals surface area contributed by atoms with E-state index in [0.717, 1.165) is 87.1 Å². The number of nitrogens with zero attached hydrogens (tertiary/aromatic N) is 2. The molecule has 2 fully saturated rings. The highest BCUT2D eigenvalue weighted by molar-refractivity contribution is 7.80. The van der Waals surface area contributed by atoms with E-state index in [1.807, 2.05) is 0 Å². The quantitative estimate of drug-likeness (QED) is 0.525. The monoisotopic (exact) mass is 452 g/mol. The van der Waals surface area contributed by atoms with Gasteiger partial charge in [-0.05, 0) is 29.7 Å². The van der Waals surface area contributed by atoms with Crippen molar-refractivity contribution in [2.75, 3.05) is 52.6 Å². The predicted octanol–water partition coefficient (Wildman–Crippen LogP) is 4.14. The van der Waals surface area contributed by atoms with Crippen molar-refractivity contribution >= 4 is 32.9 Å². The lowest BCUT2D eigenvalue weighted by Crippen LogP contribution is -2.36. The molecule has 0 aliphatic carbocycles. The van der Waals surface area contributed by atoms with Crippen LogP contribution in [0.25, 0.3) is 10.4 Å². The molecule has 0 radical (unpaired) electrons. The molecule has 1 aromatic heterocycles. The third kappa shape index (κ3) is 5.07. The van der Waals surface area contributed by atoms with Crippen LogP contribution in [0.3, 0.4) is 0 Å². The maximum atomic E-state index is 11.1. The summed E-state index contributed by atoms with van der Waals surface area (Å²) in [6, 6.07) is 4.33. The molecule has 3 heterocycles. The van der Waals surface area contributed by atoms with Crippen molar-refractivity contribution in [3.63, 3.8) is 0 Å². The minimum Gasteiger partial charge on any atom is -0.507 e. The summed E-state index contributed by atoms with van der Waals surface area (Å²) >= 11 is 5.56. The molecule has 158 valence electrons. The highest BCUT2D eigenvalue weighted by Gasteiger charge is 2.20. The average molecular weight is 453 g/mol. The lowest BCUT2D eigenvalue weighted by Gasteiger charge is -2.29. The molecule has 2 aliphatic rings. The van der Waals surface area contributed by atoms with Crippen LogP contribution in [-0.2, 0) is 29.0 Å². The largest absolute Gasteiger partial charge is 0.507 e. The van der Waals surface area contributed by atoms with E-state index >= 15 is 0 Å². The zero-order valence-electron chi connectivity index (χ0n) is 16.8. The molecular formula is C21H28N2O3S3. The van der Waals surface area contributed by atoms with Gasteiger partial charge in [0.15, 0.2) is 0 Å². The fourth-order valence-corrected chi connectivity index (χ4v) is 7.05. The van der Waals surface area contributed by atoms with E-state index in [1.54, 1.807) is 20.7 Å². The number of phenols is 1. The zero-order chi connectivity index (χ0) is 20.2. The van der Waals surface area contributed by atoms with Crippen molar-refractivity contribution in [3.8, 4) is 16.2 Å². The van der Waals surface area contributed by atoms with E-state index in [4.69, 9.17) is 21.7 Å². The van der Waals surface area contributed by atoms with Crippen LogP contribution < -0.4 is 0 Å². The number of hydrogen-bond acceptors (Lipinski definition) is 8. The minimum atomic E-state index is 0.434. The summed E-state index contributed by atoms with van der Waals surface area (Å²) in [5.41, 5.74) is 4.44. The van der Waals surface area contributed by atoms with E-state index in [2.05, 4.69) is 28.9 Å². The van der Waals surface area contributed by atoms with Gasteiger partial charge in [0.2, 0.25) is 0 Å². The van der Waals surface area contributed by atoms with E-state index in [9.17, 15) is 5.11 Å². The average Bonchev–Trinajstić information content (AvgIpc) is 3.13. The summed E-state index contributed by atoms with van der Waals surface area (Å²) in [6.07, 6.45) is 0.937. The first kappa shape index (κ1) is 21.4. The SMILES string of the molecule is CCc1c(-c2cc(CN3CCOCC3)c(O)c(CN3CCOCC3)c2)ssc1=S. The van der Waals surface area contributed by atoms with Gasteiger partial charge in [0.25, 0.3) is 0 Å². The normalized spacial score (nSPS) is 18.9. The van der Waals surface area contributed by atoms with E-state index in [1.165, 1.54) is 16.0 Å². The van der Waals surface area contributed by atoms with E-state index in [-0.39, 0.29) is 0 Å². The Morgan fingerprint density at radius 1 is 0.931 bits per heavy atom. The number of rotatable bonds is 6. The van der Waals surface area contributed by atoms with Crippen molar-refractivity contribution in [1.82, 2.24) is 9.80 Å². The molecule has 4 rings (SSSR count). The fourth-order valence-electron chi connectivity index (χ4n) is 3.93. The van der Waals surface area contributed by atoms with Gasteiger partial charge in [0, 0.05) is 50.4 Å². The molecule has 0 atom stereocenters. The predicted molar refractivity (Wildman–Crippen MR) is 122 cm³/mol. The summed E-state index contributed by atoms with van der Waals surface area (Å²) in [4.78, 5) is 5.97. The zero-order valence-corrected chi connectivity index (χ0v) is 19.3. The number of morpholine rings is 2. The molecule has 0 amide bonds. The molecule has 2 aromatic rings. The highest BCUT2D eigenvalue weighted by atomic mass is 32.9. The molecule has 5 nitrogen and oxygen atoms in total. The summed E-state index contributed by atoms with van der Waals surface area (Å²) in [5, 5.41) is 11.1. The Morgan fingerprint density at radius 2 is 1.45 bits per heavy atom. The Morgan fingerprint density at radius 3 is 1.93 bits per heavy atom. The number of ether oxygens (including phenoxy) is 2. The molecule has 29 heavy (non-hydrogen) atoms. The minimum absolute atomic E-state index is 0.434. The van der Waals surface area contributed by atoms with Crippen LogP contribution in [0.15, 0.2) is 12.1 Å². The fraction of sp³-hybridized carbons (Fsp3) is 0.571. The molecule has 2 saturated heterocycles. The molecule has 8 heteroatoms. The summed E-state index contributed by atoms with van der Waals surface area (Å²) in [7, 11) is 3.44. The summed E-state index contributed by atoms with van der Waals surface area (Å²) < 4.78 is 12.0. The van der Waals surface area contributed by atoms with Gasteiger partial charge in [-0.25, -0.2) is 0 Å². The summed E-state index contributed by atoms with van der Waals surface area (Å²) in [6.45, 7) is 10.3. The van der Waals surface area contributed by atoms with E-state index < -0.39 is 0 Å². The van der Waals surface area contributed by atoms with Crippen molar-refractivity contribution in [2.24, 2.45) is 0 Å². The van der Waals surface area contributed by atoms with Crippen LogP contribution in [0.2, 0.25) is 0 Å². The van der Waals surface area contributed by atoms with Crippen molar-refractivity contribution < 1.29 is 14.6 Å². The molecular weight excluding hydrogens is 424 g/mol. The van der Waals surface area contributed by atoms with Crippen LogP contribution in [0.4, 0.5) is 0 Å². The third-order valence-electron chi connectivity index (χ3n) is 5.60. The highest BCUT2D eigenvalue weighted by Crippen LogP contribution is 2.39. The number of hydrogen-bond donors (Lipinski definition) is 1. The van der Waals surface area contributed by atoms with Gasteiger partial charge in [-0.3, -0.25) is 9.80 Å². The summed E-state index contributed by atoms with van der Waals surface area (Å²) in [5.74, 6) is 0.434. The van der Waals surface area contributed by atoms with Crippen molar-refractivity contribution in [3.05, 3.63) is 32.6 Å². The number of aromatic hydroxyl groups is 1. The molecule has 1 aromatic carbocycles.